The lowest BCUT2D eigenvalue weighted by Gasteiger charge is -2.14. The second-order valence-electron chi connectivity index (χ2n) is 6.77. The van der Waals surface area contributed by atoms with Crippen molar-refractivity contribution in [3.63, 3.8) is 0 Å². The first-order valence-electron chi connectivity index (χ1n) is 8.93. The van der Waals surface area contributed by atoms with Crippen molar-refractivity contribution in [2.45, 2.75) is 33.4 Å². The van der Waals surface area contributed by atoms with Gasteiger partial charge in [0.1, 0.15) is 0 Å². The maximum Gasteiger partial charge on any atom is 0.318 e. The predicted octanol–water partition coefficient (Wildman–Crippen LogP) is 1.70. The molecule has 0 radical (unpaired) electrons. The van der Waals surface area contributed by atoms with Crippen molar-refractivity contribution in [2.75, 3.05) is 0 Å². The lowest BCUT2D eigenvalue weighted by molar-refractivity contribution is -0.688. The molecule has 2 aromatic carbocycles. The average molecular weight is 443 g/mol. The maximum atomic E-state index is 11.8. The molecule has 0 aliphatic heterocycles. The van der Waals surface area contributed by atoms with E-state index in [2.05, 4.69) is 16.7 Å². The number of aromatic nitrogens is 1. The first kappa shape index (κ1) is 21.6. The summed E-state index contributed by atoms with van der Waals surface area (Å²) in [4.78, 5) is 11.4. The Morgan fingerprint density at radius 2 is 1.68 bits per heavy atom. The molecular weight excluding hydrogens is 420 g/mol. The van der Waals surface area contributed by atoms with Gasteiger partial charge in [-0.25, -0.2) is 4.57 Å². The van der Waals surface area contributed by atoms with Gasteiger partial charge in [0.25, 0.3) is 0 Å². The molecule has 1 heterocycles. The maximum absolute atomic E-state index is 11.8. The topological polar surface area (TPSA) is 56.3 Å². The number of hydrogen-bond acceptors (Lipinski definition) is 3. The van der Waals surface area contributed by atoms with Crippen LogP contribution < -0.4 is 26.3 Å². The first-order chi connectivity index (χ1) is 13.0. The van der Waals surface area contributed by atoms with Crippen molar-refractivity contribution in [1.29, 1.82) is 0 Å². The largest absolute Gasteiger partial charge is 1.00 e. The normalized spacial score (nSPS) is 10.4. The zero-order valence-corrected chi connectivity index (χ0v) is 17.7. The van der Waals surface area contributed by atoms with Gasteiger partial charge in [-0.05, 0) is 32.4 Å². The molecule has 5 nitrogen and oxygen atoms in total. The molecular formula is C22H23BrN2O3. The number of aryl methyl sites for hydroxylation is 1. The zero-order valence-electron chi connectivity index (χ0n) is 16.1. The van der Waals surface area contributed by atoms with Gasteiger partial charge >= 0.3 is 5.69 Å². The Kier molecular flexibility index (Phi) is 7.29. The number of nitro groups is 1. The quantitative estimate of drug-likeness (QED) is 0.331. The Labute approximate surface area is 175 Å². The second kappa shape index (κ2) is 9.46. The van der Waals surface area contributed by atoms with Crippen molar-refractivity contribution in [3.8, 4) is 16.9 Å². The van der Waals surface area contributed by atoms with Crippen molar-refractivity contribution in [2.24, 2.45) is 0 Å². The van der Waals surface area contributed by atoms with Crippen LogP contribution in [0.2, 0.25) is 0 Å². The monoisotopic (exact) mass is 442 g/mol. The molecule has 0 atom stereocenters. The zero-order chi connectivity index (χ0) is 19.4. The Hall–Kier alpha value is -2.73. The first-order valence-corrected chi connectivity index (χ1v) is 8.93. The highest BCUT2D eigenvalue weighted by atomic mass is 79.9. The summed E-state index contributed by atoms with van der Waals surface area (Å²) in [6, 6.07) is 17.5. The summed E-state index contributed by atoms with van der Waals surface area (Å²) in [5.74, 6) is 0.302. The lowest BCUT2D eigenvalue weighted by atomic mass is 9.98. The third kappa shape index (κ3) is 4.95. The van der Waals surface area contributed by atoms with E-state index in [9.17, 15) is 10.1 Å². The molecule has 0 fully saturated rings. The number of rotatable bonds is 6. The lowest BCUT2D eigenvalue weighted by Crippen LogP contribution is -3.00. The molecule has 0 saturated carbocycles. The third-order valence-electron chi connectivity index (χ3n) is 4.28. The van der Waals surface area contributed by atoms with Crippen molar-refractivity contribution in [3.05, 3.63) is 88.2 Å². The van der Waals surface area contributed by atoms with Crippen LogP contribution in [0.4, 0.5) is 5.69 Å². The van der Waals surface area contributed by atoms with E-state index in [1.165, 1.54) is 5.56 Å². The van der Waals surface area contributed by atoms with Crippen LogP contribution in [0.1, 0.15) is 25.0 Å². The van der Waals surface area contributed by atoms with Crippen LogP contribution in [0.3, 0.4) is 0 Å². The van der Waals surface area contributed by atoms with Crippen LogP contribution in [0.5, 0.6) is 5.75 Å². The molecule has 146 valence electrons. The van der Waals surface area contributed by atoms with E-state index in [-0.39, 0.29) is 33.7 Å². The van der Waals surface area contributed by atoms with Crippen molar-refractivity contribution >= 4 is 5.69 Å². The minimum Gasteiger partial charge on any atom is -1.00 e. The van der Waals surface area contributed by atoms with Crippen LogP contribution >= 0.6 is 0 Å². The van der Waals surface area contributed by atoms with E-state index >= 15 is 0 Å². The van der Waals surface area contributed by atoms with E-state index in [1.54, 1.807) is 6.07 Å². The van der Waals surface area contributed by atoms with Gasteiger partial charge in [-0.15, -0.1) is 0 Å². The highest BCUT2D eigenvalue weighted by Gasteiger charge is 2.25. The minimum atomic E-state index is -0.356. The van der Waals surface area contributed by atoms with Gasteiger partial charge in [0.05, 0.1) is 16.6 Å². The summed E-state index contributed by atoms with van der Waals surface area (Å²) in [5, 5.41) is 11.8. The van der Waals surface area contributed by atoms with E-state index in [0.29, 0.717) is 11.3 Å². The minimum absolute atomic E-state index is 0. The summed E-state index contributed by atoms with van der Waals surface area (Å²) in [7, 11) is 0. The number of ether oxygens (including phenoxy) is 1. The highest BCUT2D eigenvalue weighted by Crippen LogP contribution is 2.40. The Bertz CT molecular complexity index is 942. The van der Waals surface area contributed by atoms with Gasteiger partial charge in [0, 0.05) is 23.3 Å². The average Bonchev–Trinajstić information content (AvgIpc) is 2.64. The van der Waals surface area contributed by atoms with E-state index in [4.69, 9.17) is 4.74 Å². The van der Waals surface area contributed by atoms with Crippen molar-refractivity contribution in [1.82, 2.24) is 0 Å². The fourth-order valence-electron chi connectivity index (χ4n) is 3.09. The molecule has 0 bridgehead atoms. The third-order valence-corrected chi connectivity index (χ3v) is 4.28. The number of nitrogens with zero attached hydrogens (tertiary/aromatic N) is 2. The standard InChI is InChI=1S/C22H23N2O3.BrH/c1-16(2)27-20-10-9-17(3)21(22(20)24(25)26)19-11-13-23(14-12-19)15-18-7-5-4-6-8-18;/h4-14,16H,15H2,1-3H3;1H/q+1;/p-1. The van der Waals surface area contributed by atoms with E-state index < -0.39 is 0 Å². The molecule has 0 amide bonds. The molecule has 3 aromatic rings. The fourth-order valence-corrected chi connectivity index (χ4v) is 3.09. The SMILES string of the molecule is Cc1ccc(OC(C)C)c([N+](=O)[O-])c1-c1cc[n+](Cc2ccccc2)cc1.[Br-]. The van der Waals surface area contributed by atoms with Crippen LogP contribution in [-0.4, -0.2) is 11.0 Å². The number of nitro benzene ring substituents is 1. The predicted molar refractivity (Wildman–Crippen MR) is 105 cm³/mol. The van der Waals surface area contributed by atoms with Gasteiger partial charge in [-0.3, -0.25) is 10.1 Å². The number of benzene rings is 2. The van der Waals surface area contributed by atoms with Gasteiger partial charge in [0.15, 0.2) is 24.7 Å². The number of halogens is 1. The van der Waals surface area contributed by atoms with Gasteiger partial charge in [0.2, 0.25) is 0 Å². The summed E-state index contributed by atoms with van der Waals surface area (Å²) in [5.41, 5.74) is 3.47. The molecule has 0 aliphatic rings. The molecule has 0 unspecified atom stereocenters. The van der Waals surface area contributed by atoms with Crippen LogP contribution in [0.25, 0.3) is 11.1 Å². The Balaban J connectivity index is 0.00000280. The van der Waals surface area contributed by atoms with Crippen molar-refractivity contribution < 1.29 is 31.2 Å². The molecule has 0 aliphatic carbocycles. The molecule has 0 spiro atoms. The second-order valence-corrected chi connectivity index (χ2v) is 6.77. The summed E-state index contributed by atoms with van der Waals surface area (Å²) in [6.45, 7) is 6.35. The number of pyridine rings is 1. The van der Waals surface area contributed by atoms with Crippen LogP contribution in [0, 0.1) is 17.0 Å². The van der Waals surface area contributed by atoms with Gasteiger partial charge < -0.3 is 21.7 Å². The molecule has 0 saturated heterocycles. The summed E-state index contributed by atoms with van der Waals surface area (Å²) < 4.78 is 7.73. The smallest absolute Gasteiger partial charge is 0.318 e. The number of hydrogen-bond donors (Lipinski definition) is 0. The summed E-state index contributed by atoms with van der Waals surface area (Å²) >= 11 is 0. The molecule has 3 rings (SSSR count). The van der Waals surface area contributed by atoms with E-state index in [0.717, 1.165) is 17.7 Å². The Morgan fingerprint density at radius 1 is 1.04 bits per heavy atom. The van der Waals surface area contributed by atoms with Crippen LogP contribution in [0.15, 0.2) is 67.0 Å². The Morgan fingerprint density at radius 3 is 2.25 bits per heavy atom. The highest BCUT2D eigenvalue weighted by molar-refractivity contribution is 5.80. The van der Waals surface area contributed by atoms with E-state index in [1.807, 2.05) is 69.6 Å². The molecule has 0 N–H and O–H groups in total. The fraction of sp³-hybridized carbons (Fsp3) is 0.227. The molecule has 1 aromatic heterocycles. The molecule has 28 heavy (non-hydrogen) atoms. The van der Waals surface area contributed by atoms with Gasteiger partial charge in [-0.2, -0.15) is 0 Å². The summed E-state index contributed by atoms with van der Waals surface area (Å²) in [6.07, 6.45) is 3.76. The molecule has 6 heteroatoms. The van der Waals surface area contributed by atoms with Crippen LogP contribution in [-0.2, 0) is 6.54 Å². The van der Waals surface area contributed by atoms with Gasteiger partial charge in [-0.1, -0.05) is 36.4 Å².